The second kappa shape index (κ2) is 11.1. The van der Waals surface area contributed by atoms with E-state index in [0.29, 0.717) is 0 Å². The van der Waals surface area contributed by atoms with Gasteiger partial charge in [-0.3, -0.25) is 14.9 Å². The van der Waals surface area contributed by atoms with E-state index >= 15 is 0 Å². The maximum absolute atomic E-state index is 12.6. The molecule has 0 spiro atoms. The molecular weight excluding hydrogens is 350 g/mol. The predicted octanol–water partition coefficient (Wildman–Crippen LogP) is 0.0642. The van der Waals surface area contributed by atoms with Crippen LogP contribution in [0.15, 0.2) is 29.8 Å². The molecule has 0 saturated carbocycles. The van der Waals surface area contributed by atoms with Crippen molar-refractivity contribution < 1.29 is 38.9 Å². The maximum Gasteiger partial charge on any atom is 0.341 e. The minimum atomic E-state index is -1.59. The number of aliphatic hydroxyl groups excluding tert-OH is 2. The standard InChI is InChI=1S/C16H19NO9/c1-24-15(21)12(10-11-4-2-3-5-13(11)17(22)23)14(20)16(25-8-6-18)26-9-7-19/h2-5,10,16,18-19H,6-9H2,1H3. The van der Waals surface area contributed by atoms with Gasteiger partial charge in [-0.25, -0.2) is 4.79 Å². The molecule has 0 aliphatic carbocycles. The number of nitro benzene ring substituents is 1. The highest BCUT2D eigenvalue weighted by atomic mass is 16.7. The summed E-state index contributed by atoms with van der Waals surface area (Å²) >= 11 is 0. The number of hydrogen-bond acceptors (Lipinski definition) is 9. The van der Waals surface area contributed by atoms with Crippen molar-refractivity contribution in [1.29, 1.82) is 0 Å². The van der Waals surface area contributed by atoms with E-state index in [0.717, 1.165) is 13.2 Å². The first-order chi connectivity index (χ1) is 12.5. The Morgan fingerprint density at radius 1 is 1.19 bits per heavy atom. The number of carbonyl (C=O) groups excluding carboxylic acids is 2. The minimum Gasteiger partial charge on any atom is -0.465 e. The van der Waals surface area contributed by atoms with Gasteiger partial charge in [0.05, 0.1) is 44.0 Å². The number of Topliss-reactive ketones (excluding diaryl/α,β-unsaturated/α-hetero) is 1. The first-order valence-corrected chi connectivity index (χ1v) is 7.48. The molecule has 0 unspecified atom stereocenters. The summed E-state index contributed by atoms with van der Waals surface area (Å²) in [5, 5.41) is 28.8. The Hall–Kier alpha value is -2.66. The zero-order valence-corrected chi connectivity index (χ0v) is 14.0. The van der Waals surface area contributed by atoms with Crippen molar-refractivity contribution in [3.05, 3.63) is 45.5 Å². The van der Waals surface area contributed by atoms with Gasteiger partial charge in [0.1, 0.15) is 5.57 Å². The highest BCUT2D eigenvalue weighted by Gasteiger charge is 2.29. The Morgan fingerprint density at radius 2 is 1.77 bits per heavy atom. The van der Waals surface area contributed by atoms with Crippen molar-refractivity contribution in [2.75, 3.05) is 33.5 Å². The SMILES string of the molecule is COC(=O)C(=Cc1ccccc1[N+](=O)[O-])C(=O)C(OCCO)OCCO. The Labute approximate surface area is 148 Å². The number of nitro groups is 1. The van der Waals surface area contributed by atoms with Gasteiger partial charge in [-0.05, 0) is 12.1 Å². The lowest BCUT2D eigenvalue weighted by Crippen LogP contribution is -2.33. The number of ketones is 1. The fourth-order valence-electron chi connectivity index (χ4n) is 1.92. The fourth-order valence-corrected chi connectivity index (χ4v) is 1.92. The van der Waals surface area contributed by atoms with Gasteiger partial charge in [0.2, 0.25) is 12.1 Å². The molecule has 0 bridgehead atoms. The Balaban J connectivity index is 3.29. The van der Waals surface area contributed by atoms with Crippen LogP contribution in [-0.4, -0.2) is 66.7 Å². The van der Waals surface area contributed by atoms with Crippen LogP contribution in [0.2, 0.25) is 0 Å². The summed E-state index contributed by atoms with van der Waals surface area (Å²) in [6, 6.07) is 5.51. The molecule has 2 N–H and O–H groups in total. The summed E-state index contributed by atoms with van der Waals surface area (Å²) in [7, 11) is 1.04. The van der Waals surface area contributed by atoms with E-state index in [1.807, 2.05) is 0 Å². The molecule has 0 saturated heterocycles. The van der Waals surface area contributed by atoms with Gasteiger partial charge in [0.25, 0.3) is 5.69 Å². The molecule has 0 fully saturated rings. The lowest BCUT2D eigenvalue weighted by Gasteiger charge is -2.17. The molecule has 1 aromatic rings. The van der Waals surface area contributed by atoms with Crippen molar-refractivity contribution >= 4 is 23.5 Å². The van der Waals surface area contributed by atoms with Crippen LogP contribution in [0.1, 0.15) is 5.56 Å². The lowest BCUT2D eigenvalue weighted by atomic mass is 10.1. The molecule has 0 atom stereocenters. The van der Waals surface area contributed by atoms with Crippen molar-refractivity contribution in [2.24, 2.45) is 0 Å². The largest absolute Gasteiger partial charge is 0.465 e. The van der Waals surface area contributed by atoms with Crippen LogP contribution in [-0.2, 0) is 23.8 Å². The summed E-state index contributed by atoms with van der Waals surface area (Å²) in [4.78, 5) is 35.0. The number of esters is 1. The molecule has 0 aliphatic heterocycles. The van der Waals surface area contributed by atoms with Crippen molar-refractivity contribution in [1.82, 2.24) is 0 Å². The summed E-state index contributed by atoms with van der Waals surface area (Å²) in [5.74, 6) is -2.00. The van der Waals surface area contributed by atoms with E-state index in [4.69, 9.17) is 19.7 Å². The molecule has 0 aromatic heterocycles. The minimum absolute atomic E-state index is 0.00863. The zero-order valence-electron chi connectivity index (χ0n) is 14.0. The number of benzene rings is 1. The Kier molecular flexibility index (Phi) is 9.09. The Bertz CT molecular complexity index is 663. The molecule has 10 heteroatoms. The highest BCUT2D eigenvalue weighted by Crippen LogP contribution is 2.22. The normalized spacial score (nSPS) is 11.5. The third-order valence-electron chi connectivity index (χ3n) is 3.04. The molecule has 26 heavy (non-hydrogen) atoms. The first kappa shape index (κ1) is 21.4. The third kappa shape index (κ3) is 6.01. The average molecular weight is 369 g/mol. The second-order valence-electron chi connectivity index (χ2n) is 4.75. The first-order valence-electron chi connectivity index (χ1n) is 7.48. The lowest BCUT2D eigenvalue weighted by molar-refractivity contribution is -0.385. The van der Waals surface area contributed by atoms with Gasteiger partial charge < -0.3 is 24.4 Å². The molecule has 0 heterocycles. The molecule has 1 rings (SSSR count). The van der Waals surface area contributed by atoms with E-state index in [2.05, 4.69) is 4.74 Å². The van der Waals surface area contributed by atoms with Crippen LogP contribution >= 0.6 is 0 Å². The van der Waals surface area contributed by atoms with E-state index in [1.165, 1.54) is 24.3 Å². The number of hydrogen-bond donors (Lipinski definition) is 2. The van der Waals surface area contributed by atoms with Crippen LogP contribution in [0, 0.1) is 10.1 Å². The van der Waals surface area contributed by atoms with Crippen LogP contribution < -0.4 is 0 Å². The van der Waals surface area contributed by atoms with Gasteiger partial charge in [0.15, 0.2) is 0 Å². The Morgan fingerprint density at radius 3 is 2.27 bits per heavy atom. The molecule has 0 radical (unpaired) electrons. The van der Waals surface area contributed by atoms with E-state index in [1.54, 1.807) is 0 Å². The average Bonchev–Trinajstić information content (AvgIpc) is 2.65. The fraction of sp³-hybridized carbons (Fsp3) is 0.375. The quantitative estimate of drug-likeness (QED) is 0.105. The zero-order chi connectivity index (χ0) is 19.5. The highest BCUT2D eigenvalue weighted by molar-refractivity contribution is 6.22. The number of rotatable bonds is 11. The van der Waals surface area contributed by atoms with Gasteiger partial charge >= 0.3 is 5.97 Å². The topological polar surface area (TPSA) is 145 Å². The monoisotopic (exact) mass is 369 g/mol. The van der Waals surface area contributed by atoms with Crippen molar-refractivity contribution in [3.8, 4) is 0 Å². The maximum atomic E-state index is 12.6. The molecule has 1 aromatic carbocycles. The van der Waals surface area contributed by atoms with Gasteiger partial charge in [-0.1, -0.05) is 12.1 Å². The smallest absolute Gasteiger partial charge is 0.341 e. The molecule has 0 amide bonds. The number of aliphatic hydroxyl groups is 2. The number of methoxy groups -OCH3 is 1. The molecular formula is C16H19NO9. The molecule has 142 valence electrons. The van der Waals surface area contributed by atoms with Gasteiger partial charge in [0, 0.05) is 6.07 Å². The van der Waals surface area contributed by atoms with Gasteiger partial charge in [-0.2, -0.15) is 0 Å². The number of ether oxygens (including phenoxy) is 3. The van der Waals surface area contributed by atoms with Crippen LogP contribution in [0.3, 0.4) is 0 Å². The summed E-state index contributed by atoms with van der Waals surface area (Å²) in [5.41, 5.74) is -0.845. The molecule has 10 nitrogen and oxygen atoms in total. The number of carbonyl (C=O) groups is 2. The molecule has 0 aliphatic rings. The van der Waals surface area contributed by atoms with Crippen molar-refractivity contribution in [3.63, 3.8) is 0 Å². The van der Waals surface area contributed by atoms with Gasteiger partial charge in [-0.15, -0.1) is 0 Å². The predicted molar refractivity (Wildman–Crippen MR) is 88.0 cm³/mol. The van der Waals surface area contributed by atoms with E-state index < -0.39 is 41.8 Å². The van der Waals surface area contributed by atoms with Crippen LogP contribution in [0.4, 0.5) is 5.69 Å². The van der Waals surface area contributed by atoms with E-state index in [-0.39, 0.29) is 24.5 Å². The third-order valence-corrected chi connectivity index (χ3v) is 3.04. The summed E-state index contributed by atoms with van der Waals surface area (Å²) < 4.78 is 14.6. The van der Waals surface area contributed by atoms with E-state index in [9.17, 15) is 19.7 Å². The summed E-state index contributed by atoms with van der Waals surface area (Å²) in [6.07, 6.45) is -0.591. The number of para-hydroxylation sites is 1. The van der Waals surface area contributed by atoms with Crippen LogP contribution in [0.5, 0.6) is 0 Å². The summed E-state index contributed by atoms with van der Waals surface area (Å²) in [6.45, 7) is -1.34. The van der Waals surface area contributed by atoms with Crippen LogP contribution in [0.25, 0.3) is 6.08 Å². The number of nitrogens with zero attached hydrogens (tertiary/aromatic N) is 1. The van der Waals surface area contributed by atoms with Crippen molar-refractivity contribution in [2.45, 2.75) is 6.29 Å². The second-order valence-corrected chi connectivity index (χ2v) is 4.75.